The lowest BCUT2D eigenvalue weighted by Crippen LogP contribution is -2.13. The Morgan fingerprint density at radius 3 is 2.57 bits per heavy atom. The number of sulfonamides is 1. The topological polar surface area (TPSA) is 81.4 Å². The van der Waals surface area contributed by atoms with E-state index in [0.717, 1.165) is 0 Å². The number of nitrogens with one attached hydrogen (secondary N) is 1. The number of nitrogen functional groups attached to an aromatic ring is 1. The minimum atomic E-state index is -3.78. The third kappa shape index (κ3) is 3.61. The van der Waals surface area contributed by atoms with Crippen LogP contribution in [0.4, 0.5) is 11.4 Å². The van der Waals surface area contributed by atoms with Crippen LogP contribution in [-0.2, 0) is 10.0 Å². The van der Waals surface area contributed by atoms with Crippen molar-refractivity contribution in [2.45, 2.75) is 4.90 Å². The van der Waals surface area contributed by atoms with Crippen LogP contribution in [0.25, 0.3) is 0 Å². The molecule has 0 amide bonds. The molecule has 0 aliphatic heterocycles. The third-order valence-electron chi connectivity index (χ3n) is 2.70. The van der Waals surface area contributed by atoms with E-state index in [4.69, 9.17) is 22.1 Å². The van der Waals surface area contributed by atoms with Gasteiger partial charge in [0.15, 0.2) is 0 Å². The predicted octanol–water partition coefficient (Wildman–Crippen LogP) is 3.49. The zero-order valence-electron chi connectivity index (χ0n) is 10.9. The van der Waals surface area contributed by atoms with E-state index in [0.29, 0.717) is 15.9 Å². The summed E-state index contributed by atoms with van der Waals surface area (Å²) in [6, 6.07) is 9.04. The Labute approximate surface area is 136 Å². The summed E-state index contributed by atoms with van der Waals surface area (Å²) in [5.41, 5.74) is 6.34. The van der Waals surface area contributed by atoms with Crippen LogP contribution in [0.1, 0.15) is 0 Å². The van der Waals surface area contributed by atoms with Crippen LogP contribution < -0.4 is 15.2 Å². The summed E-state index contributed by atoms with van der Waals surface area (Å²) in [6.07, 6.45) is 0. The molecule has 0 fully saturated rings. The van der Waals surface area contributed by atoms with Crippen LogP contribution in [0.5, 0.6) is 5.75 Å². The van der Waals surface area contributed by atoms with E-state index in [1.54, 1.807) is 12.1 Å². The van der Waals surface area contributed by atoms with Gasteiger partial charge < -0.3 is 10.5 Å². The van der Waals surface area contributed by atoms with Gasteiger partial charge in [0, 0.05) is 16.2 Å². The van der Waals surface area contributed by atoms with Crippen LogP contribution >= 0.6 is 27.5 Å². The number of anilines is 2. The minimum absolute atomic E-state index is 0.0717. The Morgan fingerprint density at radius 1 is 1.24 bits per heavy atom. The molecule has 21 heavy (non-hydrogen) atoms. The molecule has 2 aromatic rings. The molecule has 2 rings (SSSR count). The average Bonchev–Trinajstić information content (AvgIpc) is 2.44. The van der Waals surface area contributed by atoms with Gasteiger partial charge in [-0.25, -0.2) is 8.42 Å². The third-order valence-corrected chi connectivity index (χ3v) is 5.08. The number of methoxy groups -OCH3 is 1. The zero-order chi connectivity index (χ0) is 15.6. The van der Waals surface area contributed by atoms with Crippen molar-refractivity contribution in [1.29, 1.82) is 0 Å². The summed E-state index contributed by atoms with van der Waals surface area (Å²) in [5.74, 6) is 0.496. The van der Waals surface area contributed by atoms with Crippen molar-refractivity contribution >= 4 is 48.9 Å². The number of halogens is 2. The molecular weight excluding hydrogens is 380 g/mol. The molecule has 0 aliphatic rings. The van der Waals surface area contributed by atoms with Gasteiger partial charge in [-0.05, 0) is 46.3 Å². The van der Waals surface area contributed by atoms with Crippen molar-refractivity contribution in [2.24, 2.45) is 0 Å². The second-order valence-electron chi connectivity index (χ2n) is 4.13. The van der Waals surface area contributed by atoms with Gasteiger partial charge in [0.2, 0.25) is 0 Å². The molecular formula is C13H12BrClN2O3S. The van der Waals surface area contributed by atoms with E-state index < -0.39 is 10.0 Å². The van der Waals surface area contributed by atoms with Crippen molar-refractivity contribution in [3.05, 3.63) is 45.9 Å². The molecule has 0 heterocycles. The van der Waals surface area contributed by atoms with Crippen molar-refractivity contribution in [2.75, 3.05) is 17.6 Å². The number of nitrogens with two attached hydrogens (primary N) is 1. The number of hydrogen-bond donors (Lipinski definition) is 2. The maximum absolute atomic E-state index is 12.3. The van der Waals surface area contributed by atoms with Crippen LogP contribution in [-0.4, -0.2) is 15.5 Å². The van der Waals surface area contributed by atoms with Gasteiger partial charge in [-0.15, -0.1) is 0 Å². The van der Waals surface area contributed by atoms with Gasteiger partial charge in [0.05, 0.1) is 22.7 Å². The lowest BCUT2D eigenvalue weighted by Gasteiger charge is -2.11. The van der Waals surface area contributed by atoms with E-state index in [9.17, 15) is 8.42 Å². The Kier molecular flexibility index (Phi) is 4.65. The fourth-order valence-electron chi connectivity index (χ4n) is 1.59. The smallest absolute Gasteiger partial charge is 0.261 e. The van der Waals surface area contributed by atoms with Crippen molar-refractivity contribution in [1.82, 2.24) is 0 Å². The fourth-order valence-corrected chi connectivity index (χ4v) is 3.44. The summed E-state index contributed by atoms with van der Waals surface area (Å²) in [5, 5.41) is 0.272. The molecule has 0 saturated heterocycles. The van der Waals surface area contributed by atoms with Gasteiger partial charge in [-0.3, -0.25) is 4.72 Å². The number of rotatable bonds is 4. The molecule has 0 unspecified atom stereocenters. The summed E-state index contributed by atoms with van der Waals surface area (Å²) in [7, 11) is -2.29. The van der Waals surface area contributed by atoms with Gasteiger partial charge in [0.1, 0.15) is 5.75 Å². The molecule has 8 heteroatoms. The first-order chi connectivity index (χ1) is 9.83. The Morgan fingerprint density at radius 2 is 1.95 bits per heavy atom. The van der Waals surface area contributed by atoms with Crippen LogP contribution in [0.15, 0.2) is 45.8 Å². The molecule has 0 radical (unpaired) electrons. The van der Waals surface area contributed by atoms with Crippen LogP contribution in [0, 0.1) is 0 Å². The maximum atomic E-state index is 12.3. The SMILES string of the molecule is COc1ccc(Cl)c(NS(=O)(=O)c2ccc(N)c(Br)c2)c1. The van der Waals surface area contributed by atoms with E-state index in [1.165, 1.54) is 31.4 Å². The standard InChI is InChI=1S/C13H12BrClN2O3S/c1-20-8-2-4-11(15)13(6-8)17-21(18,19)9-3-5-12(16)10(14)7-9/h2-7,17H,16H2,1H3. The molecule has 5 nitrogen and oxygen atoms in total. The first-order valence-corrected chi connectivity index (χ1v) is 8.40. The summed E-state index contributed by atoms with van der Waals surface area (Å²) in [4.78, 5) is 0.0717. The van der Waals surface area contributed by atoms with Crippen molar-refractivity contribution < 1.29 is 13.2 Å². The predicted molar refractivity (Wildman–Crippen MR) is 87.4 cm³/mol. The molecule has 0 saturated carbocycles. The molecule has 0 bridgehead atoms. The van der Waals surface area contributed by atoms with E-state index in [1.807, 2.05) is 0 Å². The molecule has 0 atom stereocenters. The largest absolute Gasteiger partial charge is 0.497 e. The highest BCUT2D eigenvalue weighted by Gasteiger charge is 2.17. The zero-order valence-corrected chi connectivity index (χ0v) is 14.1. The highest BCUT2D eigenvalue weighted by atomic mass is 79.9. The molecule has 112 valence electrons. The number of hydrogen-bond acceptors (Lipinski definition) is 4. The van der Waals surface area contributed by atoms with Crippen molar-refractivity contribution in [3.8, 4) is 5.75 Å². The van der Waals surface area contributed by atoms with E-state index in [2.05, 4.69) is 20.7 Å². The second kappa shape index (κ2) is 6.13. The Hall–Kier alpha value is -1.44. The fraction of sp³-hybridized carbons (Fsp3) is 0.0769. The minimum Gasteiger partial charge on any atom is -0.497 e. The molecule has 0 aromatic heterocycles. The Balaban J connectivity index is 2.39. The van der Waals surface area contributed by atoms with E-state index in [-0.39, 0.29) is 15.6 Å². The van der Waals surface area contributed by atoms with Gasteiger partial charge in [0.25, 0.3) is 10.0 Å². The summed E-state index contributed by atoms with van der Waals surface area (Å²) < 4.78 is 32.7. The van der Waals surface area contributed by atoms with Crippen LogP contribution in [0.2, 0.25) is 5.02 Å². The van der Waals surface area contributed by atoms with Gasteiger partial charge >= 0.3 is 0 Å². The highest BCUT2D eigenvalue weighted by Crippen LogP contribution is 2.30. The normalized spacial score (nSPS) is 11.2. The molecule has 2 aromatic carbocycles. The summed E-state index contributed by atoms with van der Waals surface area (Å²) >= 11 is 9.19. The van der Waals surface area contributed by atoms with E-state index >= 15 is 0 Å². The quantitative estimate of drug-likeness (QED) is 0.782. The molecule has 3 N–H and O–H groups in total. The second-order valence-corrected chi connectivity index (χ2v) is 7.08. The maximum Gasteiger partial charge on any atom is 0.261 e. The average molecular weight is 392 g/mol. The van der Waals surface area contributed by atoms with Gasteiger partial charge in [-0.2, -0.15) is 0 Å². The number of ether oxygens (including phenoxy) is 1. The van der Waals surface area contributed by atoms with Crippen LogP contribution in [0.3, 0.4) is 0 Å². The first-order valence-electron chi connectivity index (χ1n) is 5.75. The first kappa shape index (κ1) is 15.9. The molecule has 0 spiro atoms. The molecule has 0 aliphatic carbocycles. The monoisotopic (exact) mass is 390 g/mol. The lowest BCUT2D eigenvalue weighted by atomic mass is 10.3. The Bertz CT molecular complexity index is 781. The lowest BCUT2D eigenvalue weighted by molar-refractivity contribution is 0.415. The number of benzene rings is 2. The van der Waals surface area contributed by atoms with Crippen molar-refractivity contribution in [3.63, 3.8) is 0 Å². The highest BCUT2D eigenvalue weighted by molar-refractivity contribution is 9.10. The summed E-state index contributed by atoms with van der Waals surface area (Å²) in [6.45, 7) is 0. The van der Waals surface area contributed by atoms with Gasteiger partial charge in [-0.1, -0.05) is 11.6 Å².